The van der Waals surface area contributed by atoms with Crippen molar-refractivity contribution in [1.29, 1.82) is 0 Å². The van der Waals surface area contributed by atoms with Crippen molar-refractivity contribution >= 4 is 29.0 Å². The number of urea groups is 1. The second-order valence-corrected chi connectivity index (χ2v) is 4.80. The lowest BCUT2D eigenvalue weighted by atomic mass is 10.2. The zero-order chi connectivity index (χ0) is 17.2. The second-order valence-electron chi connectivity index (χ2n) is 4.40. The van der Waals surface area contributed by atoms with Gasteiger partial charge in [-0.2, -0.15) is 13.2 Å². The van der Waals surface area contributed by atoms with Gasteiger partial charge in [-0.05, 0) is 30.3 Å². The van der Waals surface area contributed by atoms with Crippen LogP contribution >= 0.6 is 11.6 Å². The summed E-state index contributed by atoms with van der Waals surface area (Å²) in [7, 11) is 0. The van der Waals surface area contributed by atoms with E-state index in [-0.39, 0.29) is 5.69 Å². The predicted molar refractivity (Wildman–Crippen MR) is 75.5 cm³/mol. The number of alkyl halides is 3. The van der Waals surface area contributed by atoms with Gasteiger partial charge in [0, 0.05) is 11.8 Å². The van der Waals surface area contributed by atoms with Crippen molar-refractivity contribution in [3.05, 3.63) is 58.6 Å². The zero-order valence-electron chi connectivity index (χ0n) is 11.1. The molecule has 0 saturated heterocycles. The molecule has 0 fully saturated rings. The molecule has 0 aliphatic rings. The summed E-state index contributed by atoms with van der Waals surface area (Å²) < 4.78 is 64.5. The minimum atomic E-state index is -4.69. The number of carbonyl (C=O) groups is 1. The summed E-state index contributed by atoms with van der Waals surface area (Å²) in [6, 6.07) is 4.08. The molecule has 0 unspecified atom stereocenters. The van der Waals surface area contributed by atoms with Gasteiger partial charge < -0.3 is 10.6 Å². The highest BCUT2D eigenvalue weighted by atomic mass is 35.5. The van der Waals surface area contributed by atoms with Crippen LogP contribution in [0.2, 0.25) is 5.02 Å². The molecular weight excluding hydrogens is 343 g/mol. The van der Waals surface area contributed by atoms with E-state index in [9.17, 15) is 26.7 Å². The first kappa shape index (κ1) is 17.0. The number of rotatable bonds is 2. The van der Waals surface area contributed by atoms with Gasteiger partial charge in [0.15, 0.2) is 0 Å². The summed E-state index contributed by atoms with van der Waals surface area (Å²) >= 11 is 5.45. The van der Waals surface area contributed by atoms with Crippen molar-refractivity contribution < 1.29 is 26.7 Å². The van der Waals surface area contributed by atoms with Crippen LogP contribution in [0.25, 0.3) is 0 Å². The van der Waals surface area contributed by atoms with Gasteiger partial charge in [-0.15, -0.1) is 0 Å². The van der Waals surface area contributed by atoms with Gasteiger partial charge in [0.2, 0.25) is 0 Å². The number of amides is 2. The summed E-state index contributed by atoms with van der Waals surface area (Å²) in [5.74, 6) is -1.68. The molecule has 0 aromatic heterocycles. The molecule has 2 aromatic rings. The first-order valence-corrected chi connectivity index (χ1v) is 6.44. The van der Waals surface area contributed by atoms with Gasteiger partial charge in [-0.25, -0.2) is 13.6 Å². The van der Waals surface area contributed by atoms with Gasteiger partial charge in [0.25, 0.3) is 0 Å². The third-order valence-corrected chi connectivity index (χ3v) is 3.04. The summed E-state index contributed by atoms with van der Waals surface area (Å²) in [6.45, 7) is 0. The van der Waals surface area contributed by atoms with Crippen LogP contribution in [0, 0.1) is 11.6 Å². The van der Waals surface area contributed by atoms with E-state index >= 15 is 0 Å². The Bertz CT molecular complexity index is 748. The lowest BCUT2D eigenvalue weighted by molar-refractivity contribution is -0.137. The molecule has 0 heterocycles. The Morgan fingerprint density at radius 1 is 1.00 bits per heavy atom. The Hall–Kier alpha value is -2.35. The molecule has 3 nitrogen and oxygen atoms in total. The maximum absolute atomic E-state index is 13.4. The monoisotopic (exact) mass is 350 g/mol. The van der Waals surface area contributed by atoms with E-state index in [1.165, 1.54) is 0 Å². The second kappa shape index (κ2) is 6.41. The zero-order valence-corrected chi connectivity index (χ0v) is 11.9. The van der Waals surface area contributed by atoms with Gasteiger partial charge in [-0.1, -0.05) is 11.6 Å². The number of benzene rings is 2. The highest BCUT2D eigenvalue weighted by Gasteiger charge is 2.33. The fourth-order valence-corrected chi connectivity index (χ4v) is 1.92. The fraction of sp³-hybridized carbons (Fsp3) is 0.0714. The summed E-state index contributed by atoms with van der Waals surface area (Å²) in [6.07, 6.45) is -4.69. The van der Waals surface area contributed by atoms with Gasteiger partial charge in [0.05, 0.1) is 16.3 Å². The van der Waals surface area contributed by atoms with Crippen LogP contribution in [0.5, 0.6) is 0 Å². The lowest BCUT2D eigenvalue weighted by Gasteiger charge is -2.12. The van der Waals surface area contributed by atoms with Gasteiger partial charge >= 0.3 is 12.2 Å². The third kappa shape index (κ3) is 4.32. The van der Waals surface area contributed by atoms with Crippen molar-refractivity contribution in [3.8, 4) is 0 Å². The minimum absolute atomic E-state index is 0.212. The van der Waals surface area contributed by atoms with E-state index in [1.807, 2.05) is 5.32 Å². The molecule has 0 atom stereocenters. The molecule has 9 heteroatoms. The van der Waals surface area contributed by atoms with Crippen LogP contribution in [0.15, 0.2) is 36.4 Å². The fourth-order valence-electron chi connectivity index (χ4n) is 1.70. The van der Waals surface area contributed by atoms with Crippen LogP contribution in [0.1, 0.15) is 5.56 Å². The summed E-state index contributed by atoms with van der Waals surface area (Å²) in [5.41, 5.74) is -1.79. The molecular formula is C14H8ClF5N2O. The molecule has 2 amide bonds. The van der Waals surface area contributed by atoms with Crippen molar-refractivity contribution in [2.45, 2.75) is 6.18 Å². The first-order chi connectivity index (χ1) is 10.7. The number of carbonyl (C=O) groups excluding carboxylic acids is 1. The van der Waals surface area contributed by atoms with E-state index in [2.05, 4.69) is 5.32 Å². The smallest absolute Gasteiger partial charge is 0.308 e. The Labute approximate surface area is 132 Å². The summed E-state index contributed by atoms with van der Waals surface area (Å²) in [5, 5.41) is 3.54. The Balaban J connectivity index is 2.16. The van der Waals surface area contributed by atoms with Crippen LogP contribution in [-0.2, 0) is 6.18 Å². The van der Waals surface area contributed by atoms with Crippen molar-refractivity contribution in [3.63, 3.8) is 0 Å². The van der Waals surface area contributed by atoms with E-state index in [0.29, 0.717) is 6.07 Å². The Morgan fingerprint density at radius 2 is 1.70 bits per heavy atom. The van der Waals surface area contributed by atoms with Crippen LogP contribution < -0.4 is 10.6 Å². The van der Waals surface area contributed by atoms with E-state index in [0.717, 1.165) is 30.3 Å². The topological polar surface area (TPSA) is 41.1 Å². The molecule has 2 aromatic carbocycles. The molecule has 0 bridgehead atoms. The Kier molecular flexibility index (Phi) is 4.74. The maximum Gasteiger partial charge on any atom is 0.417 e. The van der Waals surface area contributed by atoms with Crippen LogP contribution in [0.4, 0.5) is 38.1 Å². The van der Waals surface area contributed by atoms with Crippen molar-refractivity contribution in [2.75, 3.05) is 10.6 Å². The molecule has 122 valence electrons. The lowest BCUT2D eigenvalue weighted by Crippen LogP contribution is -2.20. The number of anilines is 2. The van der Waals surface area contributed by atoms with Crippen LogP contribution in [-0.4, -0.2) is 6.03 Å². The van der Waals surface area contributed by atoms with Crippen molar-refractivity contribution in [1.82, 2.24) is 0 Å². The number of nitrogens with one attached hydrogen (secondary N) is 2. The minimum Gasteiger partial charge on any atom is -0.308 e. The predicted octanol–water partition coefficient (Wildman–Crippen LogP) is 5.28. The number of hydrogen-bond acceptors (Lipinski definition) is 1. The molecule has 23 heavy (non-hydrogen) atoms. The molecule has 0 aliphatic carbocycles. The molecule has 0 spiro atoms. The average Bonchev–Trinajstić information content (AvgIpc) is 2.44. The van der Waals surface area contributed by atoms with E-state index in [4.69, 9.17) is 11.6 Å². The van der Waals surface area contributed by atoms with E-state index < -0.39 is 40.1 Å². The average molecular weight is 351 g/mol. The van der Waals surface area contributed by atoms with Gasteiger partial charge in [0.1, 0.15) is 11.6 Å². The normalized spacial score (nSPS) is 11.2. The quantitative estimate of drug-likeness (QED) is 0.711. The standard InChI is InChI=1S/C14H8ClF5N2O/c15-10-3-2-8(6-9(10)14(18,19)20)21-13(23)22-12-5-7(16)1-4-11(12)17/h1-6H,(H2,21,22,23). The summed E-state index contributed by atoms with van der Waals surface area (Å²) in [4.78, 5) is 11.7. The first-order valence-electron chi connectivity index (χ1n) is 6.06. The molecule has 0 radical (unpaired) electrons. The largest absolute Gasteiger partial charge is 0.417 e. The number of hydrogen-bond donors (Lipinski definition) is 2. The molecule has 2 rings (SSSR count). The van der Waals surface area contributed by atoms with Crippen molar-refractivity contribution in [2.24, 2.45) is 0 Å². The van der Waals surface area contributed by atoms with E-state index in [1.54, 1.807) is 0 Å². The molecule has 0 saturated carbocycles. The third-order valence-electron chi connectivity index (χ3n) is 2.71. The van der Waals surface area contributed by atoms with Gasteiger partial charge in [-0.3, -0.25) is 0 Å². The highest BCUT2D eigenvalue weighted by molar-refractivity contribution is 6.31. The highest BCUT2D eigenvalue weighted by Crippen LogP contribution is 2.36. The van der Waals surface area contributed by atoms with Crippen LogP contribution in [0.3, 0.4) is 0 Å². The molecule has 0 aliphatic heterocycles. The Morgan fingerprint density at radius 3 is 2.35 bits per heavy atom. The maximum atomic E-state index is 13.4. The molecule has 2 N–H and O–H groups in total. The SMILES string of the molecule is O=C(Nc1ccc(Cl)c(C(F)(F)F)c1)Nc1cc(F)ccc1F. The number of halogens is 6.